The molecule has 0 radical (unpaired) electrons. The van der Waals surface area contributed by atoms with Gasteiger partial charge in [0, 0.05) is 37.3 Å². The van der Waals surface area contributed by atoms with Crippen LogP contribution < -0.4 is 9.80 Å². The largest absolute Gasteiger partial charge is 0.481 e. The summed E-state index contributed by atoms with van der Waals surface area (Å²) in [6.07, 6.45) is 1.60. The van der Waals surface area contributed by atoms with Crippen molar-refractivity contribution in [2.75, 3.05) is 29.4 Å². The average molecular weight is 479 g/mol. The Morgan fingerprint density at radius 2 is 1.71 bits per heavy atom. The van der Waals surface area contributed by atoms with Gasteiger partial charge in [0.2, 0.25) is 0 Å². The Labute approximate surface area is 206 Å². The first kappa shape index (κ1) is 24.8. The van der Waals surface area contributed by atoms with Crippen molar-refractivity contribution in [1.82, 2.24) is 0 Å². The number of piperidine rings is 1. The molecule has 1 amide bonds. The quantitative estimate of drug-likeness (QED) is 0.481. The van der Waals surface area contributed by atoms with Crippen molar-refractivity contribution >= 4 is 23.4 Å². The summed E-state index contributed by atoms with van der Waals surface area (Å²) < 4.78 is 11.2. The molecular weight excluding hydrogens is 444 g/mol. The minimum Gasteiger partial charge on any atom is -0.481 e. The highest BCUT2D eigenvalue weighted by atomic mass is 16.6. The maximum Gasteiger partial charge on any atom is 0.414 e. The minimum atomic E-state index is -1.00. The SMILES string of the molecule is CC(C)(C)OC(=C=O)CC1(O)CCN(c2cccc3c2CCN3C(=O)OCc2ccccc2)CC1. The van der Waals surface area contributed by atoms with Crippen molar-refractivity contribution in [1.29, 1.82) is 0 Å². The van der Waals surface area contributed by atoms with Crippen LogP contribution in [0.2, 0.25) is 0 Å². The van der Waals surface area contributed by atoms with Crippen molar-refractivity contribution in [3.63, 3.8) is 0 Å². The first-order chi connectivity index (χ1) is 16.7. The van der Waals surface area contributed by atoms with E-state index in [2.05, 4.69) is 11.0 Å². The first-order valence-electron chi connectivity index (χ1n) is 12.2. The lowest BCUT2D eigenvalue weighted by molar-refractivity contribution is -0.0184. The van der Waals surface area contributed by atoms with E-state index in [0.717, 1.165) is 28.9 Å². The van der Waals surface area contributed by atoms with Crippen LogP contribution in [-0.2, 0) is 27.3 Å². The van der Waals surface area contributed by atoms with Crippen LogP contribution in [0.1, 0.15) is 51.2 Å². The Morgan fingerprint density at radius 3 is 2.37 bits per heavy atom. The predicted molar refractivity (Wildman–Crippen MR) is 135 cm³/mol. The van der Waals surface area contributed by atoms with Crippen molar-refractivity contribution < 1.29 is 24.2 Å². The van der Waals surface area contributed by atoms with E-state index in [-0.39, 0.29) is 24.9 Å². The van der Waals surface area contributed by atoms with Crippen LogP contribution in [0.3, 0.4) is 0 Å². The predicted octanol–water partition coefficient (Wildman–Crippen LogP) is 4.64. The molecule has 35 heavy (non-hydrogen) atoms. The monoisotopic (exact) mass is 478 g/mol. The van der Waals surface area contributed by atoms with Gasteiger partial charge in [-0.25, -0.2) is 9.59 Å². The molecule has 2 aromatic rings. The number of fused-ring (bicyclic) bond motifs is 1. The molecule has 2 aromatic carbocycles. The lowest BCUT2D eigenvalue weighted by Gasteiger charge is -2.40. The van der Waals surface area contributed by atoms with Crippen molar-refractivity contribution in [3.8, 4) is 0 Å². The fourth-order valence-corrected chi connectivity index (χ4v) is 4.80. The zero-order valence-electron chi connectivity index (χ0n) is 20.8. The fourth-order valence-electron chi connectivity index (χ4n) is 4.80. The Kier molecular flexibility index (Phi) is 7.20. The van der Waals surface area contributed by atoms with E-state index < -0.39 is 11.2 Å². The molecule has 0 saturated carbocycles. The minimum absolute atomic E-state index is 0.162. The number of amides is 1. The van der Waals surface area contributed by atoms with Crippen LogP contribution in [-0.4, -0.2) is 48.0 Å². The first-order valence-corrected chi connectivity index (χ1v) is 12.2. The molecule has 2 aliphatic rings. The van der Waals surface area contributed by atoms with Gasteiger partial charge >= 0.3 is 6.09 Å². The zero-order valence-corrected chi connectivity index (χ0v) is 20.8. The number of anilines is 2. The summed E-state index contributed by atoms with van der Waals surface area (Å²) in [6, 6.07) is 15.6. The van der Waals surface area contributed by atoms with Crippen LogP contribution in [0.4, 0.5) is 16.2 Å². The molecular formula is C28H34N2O5. The Hall–Kier alpha value is -3.28. The van der Waals surface area contributed by atoms with E-state index in [1.807, 2.05) is 69.2 Å². The summed E-state index contributed by atoms with van der Waals surface area (Å²) in [5.74, 6) is 2.03. The van der Waals surface area contributed by atoms with Crippen LogP contribution in [0.15, 0.2) is 54.3 Å². The van der Waals surface area contributed by atoms with Gasteiger partial charge in [-0.15, -0.1) is 0 Å². The van der Waals surface area contributed by atoms with Crippen molar-refractivity contribution in [3.05, 3.63) is 65.4 Å². The van der Waals surface area contributed by atoms with Crippen LogP contribution in [0, 0.1) is 0 Å². The molecule has 0 spiro atoms. The number of benzene rings is 2. The summed E-state index contributed by atoms with van der Waals surface area (Å²) in [5, 5.41) is 11.1. The lowest BCUT2D eigenvalue weighted by atomic mass is 9.87. The third-order valence-corrected chi connectivity index (χ3v) is 6.50. The molecule has 0 unspecified atom stereocenters. The number of aliphatic hydroxyl groups is 1. The highest BCUT2D eigenvalue weighted by Crippen LogP contribution is 2.39. The Bertz CT molecular complexity index is 1090. The number of nitrogens with zero attached hydrogens (tertiary/aromatic N) is 2. The van der Waals surface area contributed by atoms with Crippen LogP contribution in [0.25, 0.3) is 0 Å². The topological polar surface area (TPSA) is 79.3 Å². The third kappa shape index (κ3) is 6.05. The highest BCUT2D eigenvalue weighted by molar-refractivity contribution is 5.92. The van der Waals surface area contributed by atoms with Crippen molar-refractivity contribution in [2.45, 2.75) is 64.3 Å². The number of carbonyl (C=O) groups excluding carboxylic acids is 2. The fraction of sp³-hybridized carbons (Fsp3) is 0.464. The molecule has 0 bridgehead atoms. The molecule has 0 aromatic heterocycles. The molecule has 7 heteroatoms. The number of ether oxygens (including phenoxy) is 2. The Morgan fingerprint density at radius 1 is 1.03 bits per heavy atom. The summed E-state index contributed by atoms with van der Waals surface area (Å²) in [5.41, 5.74) is 2.53. The number of hydrogen-bond acceptors (Lipinski definition) is 6. The highest BCUT2D eigenvalue weighted by Gasteiger charge is 2.37. The maximum absolute atomic E-state index is 12.8. The number of hydrogen-bond donors (Lipinski definition) is 1. The second-order valence-electron chi connectivity index (χ2n) is 10.3. The molecule has 2 aliphatic heterocycles. The molecule has 1 fully saturated rings. The second kappa shape index (κ2) is 10.1. The summed E-state index contributed by atoms with van der Waals surface area (Å²) in [7, 11) is 0. The Balaban J connectivity index is 1.40. The zero-order chi connectivity index (χ0) is 25.1. The maximum atomic E-state index is 12.8. The standard InChI is InChI=1S/C28H34N2O5/c1-27(2,3)35-22(19-31)18-28(33)13-16-29(17-14-28)24-10-7-11-25-23(24)12-15-30(25)26(32)34-20-21-8-5-4-6-9-21/h4-11,33H,12-18,20H2,1-3H3. The van der Waals surface area contributed by atoms with Gasteiger partial charge < -0.3 is 19.5 Å². The van der Waals surface area contributed by atoms with Gasteiger partial charge in [-0.3, -0.25) is 4.90 Å². The summed E-state index contributed by atoms with van der Waals surface area (Å²) in [4.78, 5) is 28.1. The third-order valence-electron chi connectivity index (χ3n) is 6.50. The average Bonchev–Trinajstić information content (AvgIpc) is 3.27. The molecule has 7 nitrogen and oxygen atoms in total. The van der Waals surface area contributed by atoms with E-state index in [1.54, 1.807) is 4.90 Å². The second-order valence-corrected chi connectivity index (χ2v) is 10.3. The van der Waals surface area contributed by atoms with Gasteiger partial charge in [-0.1, -0.05) is 36.4 Å². The number of carbonyl (C=O) groups is 1. The molecule has 0 aliphatic carbocycles. The van der Waals surface area contributed by atoms with Gasteiger partial charge in [0.05, 0.1) is 11.3 Å². The normalized spacial score (nSPS) is 16.9. The van der Waals surface area contributed by atoms with Crippen LogP contribution in [0.5, 0.6) is 0 Å². The van der Waals surface area contributed by atoms with Gasteiger partial charge in [0.1, 0.15) is 12.2 Å². The van der Waals surface area contributed by atoms with Gasteiger partial charge in [-0.2, -0.15) is 0 Å². The van der Waals surface area contributed by atoms with E-state index in [9.17, 15) is 14.7 Å². The number of rotatable bonds is 6. The van der Waals surface area contributed by atoms with Crippen LogP contribution >= 0.6 is 0 Å². The van der Waals surface area contributed by atoms with E-state index in [1.165, 1.54) is 0 Å². The smallest absolute Gasteiger partial charge is 0.414 e. The molecule has 1 N–H and O–H groups in total. The van der Waals surface area contributed by atoms with E-state index >= 15 is 0 Å². The van der Waals surface area contributed by atoms with E-state index in [0.29, 0.717) is 32.5 Å². The summed E-state index contributed by atoms with van der Waals surface area (Å²) >= 11 is 0. The molecule has 1 saturated heterocycles. The molecule has 0 atom stereocenters. The van der Waals surface area contributed by atoms with Gasteiger partial charge in [0.15, 0.2) is 11.7 Å². The van der Waals surface area contributed by atoms with Gasteiger partial charge in [-0.05, 0) is 57.7 Å². The molecule has 2 heterocycles. The lowest BCUT2D eigenvalue weighted by Crippen LogP contribution is -2.45. The molecule has 4 rings (SSSR count). The van der Waals surface area contributed by atoms with Gasteiger partial charge in [0.25, 0.3) is 0 Å². The van der Waals surface area contributed by atoms with Crippen molar-refractivity contribution in [2.24, 2.45) is 0 Å². The van der Waals surface area contributed by atoms with E-state index in [4.69, 9.17) is 9.47 Å². The summed E-state index contributed by atoms with van der Waals surface area (Å²) in [6.45, 7) is 7.72. The molecule has 186 valence electrons.